The van der Waals surface area contributed by atoms with Crippen LogP contribution in [0.15, 0.2) is 83.3 Å². The first-order chi connectivity index (χ1) is 17.6. The Balaban J connectivity index is 1.36. The van der Waals surface area contributed by atoms with Crippen molar-refractivity contribution in [1.82, 2.24) is 4.98 Å². The summed E-state index contributed by atoms with van der Waals surface area (Å²) in [5, 5.41) is 6.68. The normalized spacial score (nSPS) is 10.8. The minimum Gasteiger partial charge on any atom is -0.496 e. The number of aromatic nitrogens is 1. The van der Waals surface area contributed by atoms with Crippen molar-refractivity contribution in [2.45, 2.75) is 20.0 Å². The first-order valence-electron chi connectivity index (χ1n) is 11.5. The molecule has 1 heterocycles. The second-order valence-electron chi connectivity index (χ2n) is 7.75. The maximum absolute atomic E-state index is 11.6. The van der Waals surface area contributed by atoms with E-state index in [1.54, 1.807) is 20.2 Å². The molecule has 184 valence electrons. The van der Waals surface area contributed by atoms with Crippen molar-refractivity contribution in [1.29, 1.82) is 0 Å². The van der Waals surface area contributed by atoms with Crippen LogP contribution in [-0.2, 0) is 22.6 Å². The van der Waals surface area contributed by atoms with Crippen LogP contribution < -0.4 is 14.9 Å². The molecule has 0 radical (unpaired) electrons. The second-order valence-corrected chi connectivity index (χ2v) is 8.60. The van der Waals surface area contributed by atoms with Crippen molar-refractivity contribution >= 4 is 28.7 Å². The van der Waals surface area contributed by atoms with E-state index in [1.807, 2.05) is 66.0 Å². The predicted molar refractivity (Wildman–Crippen MR) is 143 cm³/mol. The van der Waals surface area contributed by atoms with Gasteiger partial charge in [0.2, 0.25) is 5.13 Å². The molecule has 0 aliphatic rings. The summed E-state index contributed by atoms with van der Waals surface area (Å²) in [6.45, 7) is 2.49. The summed E-state index contributed by atoms with van der Waals surface area (Å²) in [7, 11) is 1.64. The molecular formula is C28H27N3O4S. The highest BCUT2D eigenvalue weighted by Crippen LogP contribution is 2.25. The third-order valence-corrected chi connectivity index (χ3v) is 6.01. The number of anilines is 1. The van der Waals surface area contributed by atoms with Crippen molar-refractivity contribution in [3.05, 3.63) is 95.0 Å². The molecular weight excluding hydrogens is 474 g/mol. The summed E-state index contributed by atoms with van der Waals surface area (Å²) in [6, 6.07) is 24.0. The molecule has 0 bridgehead atoms. The van der Waals surface area contributed by atoms with Crippen LogP contribution in [0, 0.1) is 0 Å². The fraction of sp³-hybridized carbons (Fsp3) is 0.179. The lowest BCUT2D eigenvalue weighted by molar-refractivity contribution is -0.142. The van der Waals surface area contributed by atoms with Crippen LogP contribution in [0.4, 0.5) is 5.13 Å². The first kappa shape index (κ1) is 24.9. The summed E-state index contributed by atoms with van der Waals surface area (Å²) in [5.41, 5.74) is 7.64. The first-order valence-corrected chi connectivity index (χ1v) is 12.4. The highest BCUT2D eigenvalue weighted by Gasteiger charge is 2.09. The lowest BCUT2D eigenvalue weighted by Gasteiger charge is -2.12. The summed E-state index contributed by atoms with van der Waals surface area (Å²) in [6.07, 6.45) is 1.84. The standard InChI is InChI=1S/C28H27N3O4S/c1-3-34-27(32)16-24-19-36-28(30-24)31-29-17-20-9-14-26(33-2)23(15-20)18-35-25-12-10-22(11-13-25)21-7-5-4-6-8-21/h4-15,17,19H,3,16,18H2,1-2H3,(H,30,31). The summed E-state index contributed by atoms with van der Waals surface area (Å²) in [5.74, 6) is 1.22. The third-order valence-electron chi connectivity index (χ3n) is 5.22. The van der Waals surface area contributed by atoms with Gasteiger partial charge in [-0.3, -0.25) is 10.2 Å². The Morgan fingerprint density at radius 1 is 1.06 bits per heavy atom. The van der Waals surface area contributed by atoms with Gasteiger partial charge in [0.05, 0.1) is 32.0 Å². The topological polar surface area (TPSA) is 82.0 Å². The molecule has 1 aromatic heterocycles. The Morgan fingerprint density at radius 3 is 2.58 bits per heavy atom. The number of nitrogens with one attached hydrogen (secondary N) is 1. The lowest BCUT2D eigenvalue weighted by Crippen LogP contribution is -2.07. The van der Waals surface area contributed by atoms with Gasteiger partial charge in [-0.2, -0.15) is 5.10 Å². The fourth-order valence-electron chi connectivity index (χ4n) is 3.49. The average molecular weight is 502 g/mol. The van der Waals surface area contributed by atoms with E-state index in [9.17, 15) is 4.79 Å². The van der Waals surface area contributed by atoms with Crippen LogP contribution in [-0.4, -0.2) is 30.9 Å². The zero-order chi connectivity index (χ0) is 25.2. The minimum absolute atomic E-state index is 0.145. The molecule has 0 atom stereocenters. The van der Waals surface area contributed by atoms with Crippen LogP contribution in [0.3, 0.4) is 0 Å². The average Bonchev–Trinajstić information content (AvgIpc) is 3.35. The zero-order valence-electron chi connectivity index (χ0n) is 20.1. The number of carbonyl (C=O) groups excluding carboxylic acids is 1. The Bertz CT molecular complexity index is 1300. The van der Waals surface area contributed by atoms with Gasteiger partial charge in [0.25, 0.3) is 0 Å². The molecule has 0 spiro atoms. The number of rotatable bonds is 11. The number of ether oxygens (including phenoxy) is 3. The molecule has 36 heavy (non-hydrogen) atoms. The maximum atomic E-state index is 11.6. The Morgan fingerprint density at radius 2 is 1.83 bits per heavy atom. The zero-order valence-corrected chi connectivity index (χ0v) is 21.0. The summed E-state index contributed by atoms with van der Waals surface area (Å²) < 4.78 is 16.5. The van der Waals surface area contributed by atoms with E-state index in [0.717, 1.165) is 28.2 Å². The number of methoxy groups -OCH3 is 1. The summed E-state index contributed by atoms with van der Waals surface area (Å²) >= 11 is 1.38. The van der Waals surface area contributed by atoms with E-state index < -0.39 is 0 Å². The van der Waals surface area contributed by atoms with E-state index in [-0.39, 0.29) is 12.4 Å². The molecule has 0 saturated heterocycles. The van der Waals surface area contributed by atoms with Gasteiger partial charge in [0, 0.05) is 10.9 Å². The smallest absolute Gasteiger partial charge is 0.311 e. The van der Waals surface area contributed by atoms with Gasteiger partial charge < -0.3 is 14.2 Å². The van der Waals surface area contributed by atoms with E-state index in [4.69, 9.17) is 14.2 Å². The largest absolute Gasteiger partial charge is 0.496 e. The van der Waals surface area contributed by atoms with E-state index >= 15 is 0 Å². The predicted octanol–water partition coefficient (Wildman–Crippen LogP) is 5.95. The van der Waals surface area contributed by atoms with Crippen LogP contribution in [0.5, 0.6) is 11.5 Å². The van der Waals surface area contributed by atoms with Crippen LogP contribution in [0.25, 0.3) is 11.1 Å². The molecule has 0 unspecified atom stereocenters. The Hall–Kier alpha value is -4.17. The Kier molecular flexibility index (Phi) is 8.67. The van der Waals surface area contributed by atoms with Gasteiger partial charge in [-0.15, -0.1) is 11.3 Å². The summed E-state index contributed by atoms with van der Waals surface area (Å²) in [4.78, 5) is 15.9. The highest BCUT2D eigenvalue weighted by atomic mass is 32.1. The van der Waals surface area contributed by atoms with E-state index in [2.05, 4.69) is 27.6 Å². The van der Waals surface area contributed by atoms with E-state index in [0.29, 0.717) is 24.0 Å². The van der Waals surface area contributed by atoms with Crippen LogP contribution in [0.1, 0.15) is 23.7 Å². The van der Waals surface area contributed by atoms with Crippen molar-refractivity contribution in [2.24, 2.45) is 5.10 Å². The number of thiazole rings is 1. The van der Waals surface area contributed by atoms with Gasteiger partial charge in [-0.1, -0.05) is 42.5 Å². The molecule has 0 amide bonds. The molecule has 1 N–H and O–H groups in total. The van der Waals surface area contributed by atoms with Crippen molar-refractivity contribution in [3.8, 4) is 22.6 Å². The van der Waals surface area contributed by atoms with Crippen molar-refractivity contribution in [3.63, 3.8) is 0 Å². The van der Waals surface area contributed by atoms with Gasteiger partial charge in [-0.05, 0) is 53.9 Å². The Labute approximate surface area is 214 Å². The number of hydrogen-bond donors (Lipinski definition) is 1. The minimum atomic E-state index is -0.294. The van der Waals surface area contributed by atoms with Gasteiger partial charge in [0.1, 0.15) is 18.1 Å². The van der Waals surface area contributed by atoms with Crippen LogP contribution in [0.2, 0.25) is 0 Å². The number of carbonyl (C=O) groups is 1. The number of nitrogens with zero attached hydrogens (tertiary/aromatic N) is 2. The van der Waals surface area contributed by atoms with Gasteiger partial charge in [-0.25, -0.2) is 4.98 Å². The molecule has 3 aromatic carbocycles. The second kappa shape index (κ2) is 12.5. The quantitative estimate of drug-likeness (QED) is 0.155. The number of hydrogen-bond acceptors (Lipinski definition) is 8. The van der Waals surface area contributed by atoms with Crippen LogP contribution >= 0.6 is 11.3 Å². The van der Waals surface area contributed by atoms with Gasteiger partial charge >= 0.3 is 5.97 Å². The highest BCUT2D eigenvalue weighted by molar-refractivity contribution is 7.13. The third kappa shape index (κ3) is 6.93. The lowest BCUT2D eigenvalue weighted by atomic mass is 10.1. The van der Waals surface area contributed by atoms with Crippen molar-refractivity contribution in [2.75, 3.05) is 19.1 Å². The molecule has 4 rings (SSSR count). The molecule has 0 aliphatic carbocycles. The van der Waals surface area contributed by atoms with E-state index in [1.165, 1.54) is 16.9 Å². The number of esters is 1. The monoisotopic (exact) mass is 501 g/mol. The molecule has 8 heteroatoms. The number of hydrazone groups is 1. The maximum Gasteiger partial charge on any atom is 0.311 e. The molecule has 4 aromatic rings. The fourth-order valence-corrected chi connectivity index (χ4v) is 4.15. The molecule has 7 nitrogen and oxygen atoms in total. The van der Waals surface area contributed by atoms with Gasteiger partial charge in [0.15, 0.2) is 0 Å². The van der Waals surface area contributed by atoms with Crippen molar-refractivity contribution < 1.29 is 19.0 Å². The SMILES string of the molecule is CCOC(=O)Cc1csc(NN=Cc2ccc(OC)c(COc3ccc(-c4ccccc4)cc3)c2)n1. The molecule has 0 fully saturated rings. The number of benzene rings is 3. The molecule has 0 aliphatic heterocycles. The molecule has 0 saturated carbocycles.